The topological polar surface area (TPSA) is 70.7 Å². The Hall–Kier alpha value is -2.86. The minimum absolute atomic E-state index is 0.105. The lowest BCUT2D eigenvalue weighted by Crippen LogP contribution is -2.30. The van der Waals surface area contributed by atoms with E-state index in [1.54, 1.807) is 31.4 Å². The van der Waals surface area contributed by atoms with Crippen molar-refractivity contribution in [3.63, 3.8) is 0 Å². The van der Waals surface area contributed by atoms with Gasteiger partial charge < -0.3 is 15.4 Å². The average Bonchev–Trinajstić information content (AvgIpc) is 2.56. The number of ether oxygens (including phenoxy) is 1. The predicted octanol–water partition coefficient (Wildman–Crippen LogP) is 3.03. The van der Waals surface area contributed by atoms with Crippen LogP contribution in [-0.4, -0.2) is 37.4 Å². The fourth-order valence-electron chi connectivity index (χ4n) is 2.66. The van der Waals surface area contributed by atoms with Gasteiger partial charge in [-0.25, -0.2) is 0 Å². The molecule has 0 spiro atoms. The summed E-state index contributed by atoms with van der Waals surface area (Å²) in [6.07, 6.45) is 0. The Bertz CT molecular complexity index is 772. The van der Waals surface area contributed by atoms with Gasteiger partial charge >= 0.3 is 0 Å². The number of nitrogens with zero attached hydrogens (tertiary/aromatic N) is 1. The Morgan fingerprint density at radius 1 is 1.04 bits per heavy atom. The Kier molecular flexibility index (Phi) is 6.74. The highest BCUT2D eigenvalue weighted by atomic mass is 16.5. The molecule has 0 aliphatic rings. The number of carbonyl (C=O) groups is 2. The molecule has 0 aliphatic heterocycles. The summed E-state index contributed by atoms with van der Waals surface area (Å²) in [5.41, 5.74) is 3.57. The highest BCUT2D eigenvalue weighted by Crippen LogP contribution is 2.21. The van der Waals surface area contributed by atoms with E-state index >= 15 is 0 Å². The van der Waals surface area contributed by atoms with Crippen LogP contribution in [0.5, 0.6) is 5.75 Å². The SMILES string of the molecule is COc1ccc(C)cc1CN(C)CC(=O)Nc1ccc(NC(C)=O)cc1. The second-order valence-electron chi connectivity index (χ2n) is 6.29. The summed E-state index contributed by atoms with van der Waals surface area (Å²) < 4.78 is 5.38. The molecule has 0 saturated carbocycles. The molecule has 6 nitrogen and oxygen atoms in total. The highest BCUT2D eigenvalue weighted by Gasteiger charge is 2.11. The third-order valence-corrected chi connectivity index (χ3v) is 3.78. The van der Waals surface area contributed by atoms with Gasteiger partial charge in [-0.3, -0.25) is 14.5 Å². The number of aryl methyl sites for hydroxylation is 1. The van der Waals surface area contributed by atoms with Gasteiger partial charge in [-0.2, -0.15) is 0 Å². The van der Waals surface area contributed by atoms with Gasteiger partial charge in [0.25, 0.3) is 0 Å². The summed E-state index contributed by atoms with van der Waals surface area (Å²) in [6.45, 7) is 4.35. The van der Waals surface area contributed by atoms with E-state index in [1.165, 1.54) is 6.92 Å². The molecule has 0 radical (unpaired) electrons. The first-order valence-electron chi connectivity index (χ1n) is 8.37. The molecule has 0 fully saturated rings. The molecule has 0 atom stereocenters. The largest absolute Gasteiger partial charge is 0.496 e. The number of methoxy groups -OCH3 is 1. The zero-order valence-corrected chi connectivity index (χ0v) is 15.6. The molecular weight excluding hydrogens is 330 g/mol. The molecule has 0 aromatic heterocycles. The van der Waals surface area contributed by atoms with Crippen LogP contribution < -0.4 is 15.4 Å². The van der Waals surface area contributed by atoms with E-state index in [-0.39, 0.29) is 18.4 Å². The molecule has 0 bridgehead atoms. The van der Waals surface area contributed by atoms with E-state index in [9.17, 15) is 9.59 Å². The summed E-state index contributed by atoms with van der Waals surface area (Å²) in [7, 11) is 3.53. The molecule has 0 unspecified atom stereocenters. The van der Waals surface area contributed by atoms with Crippen molar-refractivity contribution in [1.29, 1.82) is 0 Å². The maximum absolute atomic E-state index is 12.2. The van der Waals surface area contributed by atoms with Crippen molar-refractivity contribution in [3.05, 3.63) is 53.6 Å². The fraction of sp³-hybridized carbons (Fsp3) is 0.300. The zero-order chi connectivity index (χ0) is 19.1. The number of hydrogen-bond acceptors (Lipinski definition) is 4. The van der Waals surface area contributed by atoms with Crippen molar-refractivity contribution in [3.8, 4) is 5.75 Å². The van der Waals surface area contributed by atoms with Crippen molar-refractivity contribution < 1.29 is 14.3 Å². The highest BCUT2D eigenvalue weighted by molar-refractivity contribution is 5.93. The lowest BCUT2D eigenvalue weighted by atomic mass is 10.1. The molecule has 2 aromatic rings. The number of hydrogen-bond donors (Lipinski definition) is 2. The van der Waals surface area contributed by atoms with Gasteiger partial charge in [-0.15, -0.1) is 0 Å². The molecule has 138 valence electrons. The number of likely N-dealkylation sites (N-methyl/N-ethyl adjacent to an activating group) is 1. The summed E-state index contributed by atoms with van der Waals surface area (Å²) in [4.78, 5) is 25.2. The van der Waals surface area contributed by atoms with Crippen molar-refractivity contribution in [1.82, 2.24) is 4.90 Å². The molecule has 2 rings (SSSR count). The minimum atomic E-state index is -0.130. The lowest BCUT2D eigenvalue weighted by molar-refractivity contribution is -0.117. The first-order valence-corrected chi connectivity index (χ1v) is 8.37. The molecule has 2 aromatic carbocycles. The average molecular weight is 355 g/mol. The van der Waals surface area contributed by atoms with Crippen molar-refractivity contribution >= 4 is 23.2 Å². The van der Waals surface area contributed by atoms with Gasteiger partial charge in [0.1, 0.15) is 5.75 Å². The third kappa shape index (κ3) is 5.89. The number of nitrogens with one attached hydrogen (secondary N) is 2. The second-order valence-corrected chi connectivity index (χ2v) is 6.29. The van der Waals surface area contributed by atoms with Crippen LogP contribution in [-0.2, 0) is 16.1 Å². The van der Waals surface area contributed by atoms with Gasteiger partial charge in [0.2, 0.25) is 11.8 Å². The molecule has 2 amide bonds. The van der Waals surface area contributed by atoms with E-state index in [0.29, 0.717) is 17.9 Å². The van der Waals surface area contributed by atoms with E-state index in [0.717, 1.165) is 16.9 Å². The first-order chi connectivity index (χ1) is 12.4. The molecule has 26 heavy (non-hydrogen) atoms. The van der Waals surface area contributed by atoms with E-state index in [4.69, 9.17) is 4.74 Å². The van der Waals surface area contributed by atoms with Gasteiger partial charge in [0.05, 0.1) is 13.7 Å². The van der Waals surface area contributed by atoms with Gasteiger partial charge in [-0.05, 0) is 44.3 Å². The van der Waals surface area contributed by atoms with Crippen molar-refractivity contribution in [2.24, 2.45) is 0 Å². The van der Waals surface area contributed by atoms with Crippen LogP contribution in [0.3, 0.4) is 0 Å². The van der Waals surface area contributed by atoms with Gasteiger partial charge in [-0.1, -0.05) is 17.7 Å². The van der Waals surface area contributed by atoms with Crippen LogP contribution in [0.25, 0.3) is 0 Å². The molecular formula is C20H25N3O3. The Morgan fingerprint density at radius 2 is 1.65 bits per heavy atom. The van der Waals surface area contributed by atoms with Crippen LogP contribution in [0.2, 0.25) is 0 Å². The number of rotatable bonds is 7. The van der Waals surface area contributed by atoms with Gasteiger partial charge in [0, 0.05) is 30.4 Å². The van der Waals surface area contributed by atoms with Crippen LogP contribution in [0, 0.1) is 6.92 Å². The third-order valence-electron chi connectivity index (χ3n) is 3.78. The van der Waals surface area contributed by atoms with E-state index < -0.39 is 0 Å². The zero-order valence-electron chi connectivity index (χ0n) is 15.6. The van der Waals surface area contributed by atoms with Crippen molar-refractivity contribution in [2.45, 2.75) is 20.4 Å². The Morgan fingerprint density at radius 3 is 2.23 bits per heavy atom. The van der Waals surface area contributed by atoms with Gasteiger partial charge in [0.15, 0.2) is 0 Å². The van der Waals surface area contributed by atoms with Crippen molar-refractivity contribution in [2.75, 3.05) is 31.3 Å². The quantitative estimate of drug-likeness (QED) is 0.801. The standard InChI is InChI=1S/C20H25N3O3/c1-14-5-10-19(26-4)16(11-14)12-23(3)13-20(25)22-18-8-6-17(7-9-18)21-15(2)24/h5-11H,12-13H2,1-4H3,(H,21,24)(H,22,25). The fourth-order valence-corrected chi connectivity index (χ4v) is 2.66. The van der Waals surface area contributed by atoms with Crippen LogP contribution in [0.4, 0.5) is 11.4 Å². The number of benzene rings is 2. The summed E-state index contributed by atoms with van der Waals surface area (Å²) >= 11 is 0. The predicted molar refractivity (Wildman–Crippen MR) is 103 cm³/mol. The summed E-state index contributed by atoms with van der Waals surface area (Å²) in [6, 6.07) is 13.0. The number of carbonyl (C=O) groups excluding carboxylic acids is 2. The first kappa shape index (κ1) is 19.5. The van der Waals surface area contributed by atoms with Crippen LogP contribution in [0.1, 0.15) is 18.1 Å². The van der Waals surface area contributed by atoms with Crippen LogP contribution >= 0.6 is 0 Å². The maximum atomic E-state index is 12.2. The normalized spacial score (nSPS) is 10.5. The maximum Gasteiger partial charge on any atom is 0.238 e. The Balaban J connectivity index is 1.91. The molecule has 0 saturated heterocycles. The summed E-state index contributed by atoms with van der Waals surface area (Å²) in [5.74, 6) is 0.581. The second kappa shape index (κ2) is 9.01. The molecule has 0 heterocycles. The molecule has 2 N–H and O–H groups in total. The summed E-state index contributed by atoms with van der Waals surface area (Å²) in [5, 5.41) is 5.54. The smallest absolute Gasteiger partial charge is 0.238 e. The monoisotopic (exact) mass is 355 g/mol. The number of anilines is 2. The Labute approximate surface area is 154 Å². The minimum Gasteiger partial charge on any atom is -0.496 e. The molecule has 6 heteroatoms. The lowest BCUT2D eigenvalue weighted by Gasteiger charge is -2.18. The van der Waals surface area contributed by atoms with E-state index in [1.807, 2.05) is 31.0 Å². The number of amides is 2. The molecule has 0 aliphatic carbocycles. The van der Waals surface area contributed by atoms with E-state index in [2.05, 4.69) is 16.7 Å². The van der Waals surface area contributed by atoms with Crippen LogP contribution in [0.15, 0.2) is 42.5 Å².